The highest BCUT2D eigenvalue weighted by Crippen LogP contribution is 2.33. The number of nitrogens with zero attached hydrogens (tertiary/aromatic N) is 2. The van der Waals surface area contributed by atoms with Gasteiger partial charge in [-0.3, -0.25) is 10.1 Å². The lowest BCUT2D eigenvalue weighted by Gasteiger charge is -2.34. The van der Waals surface area contributed by atoms with Gasteiger partial charge >= 0.3 is 6.18 Å². The van der Waals surface area contributed by atoms with Gasteiger partial charge in [0.25, 0.3) is 0 Å². The molecule has 2 heterocycles. The highest BCUT2D eigenvalue weighted by molar-refractivity contribution is 7.09. The number of aromatic nitrogens is 1. The topological polar surface area (TPSA) is 45.2 Å². The number of thiazole rings is 1. The number of alkyl halides is 3. The molecule has 4 nitrogen and oxygen atoms in total. The molecule has 23 heavy (non-hydrogen) atoms. The molecule has 1 fully saturated rings. The molecule has 1 aliphatic rings. The standard InChI is InChI=1S/C15H22F3N3OS/c1-10-9-23-13(20-10)14(2,3)19-7-12(22)21-6-4-5-11(8-21)15(16,17)18/h9,11,19H,4-8H2,1-3H3/t11-/m0/s1. The summed E-state index contributed by atoms with van der Waals surface area (Å²) in [4.78, 5) is 17.9. The fourth-order valence-electron chi connectivity index (χ4n) is 2.60. The number of likely N-dealkylation sites (tertiary alicyclic amines) is 1. The molecular weight excluding hydrogens is 327 g/mol. The van der Waals surface area contributed by atoms with E-state index in [1.165, 1.54) is 16.2 Å². The predicted octanol–water partition coefficient (Wildman–Crippen LogP) is 3.08. The Kier molecular flexibility index (Phi) is 5.35. The van der Waals surface area contributed by atoms with Gasteiger partial charge in [0.1, 0.15) is 5.01 Å². The second-order valence-electron chi connectivity index (χ2n) is 6.49. The number of amides is 1. The van der Waals surface area contributed by atoms with Crippen LogP contribution in [0.2, 0.25) is 0 Å². The summed E-state index contributed by atoms with van der Waals surface area (Å²) in [6.45, 7) is 5.88. The molecule has 2 rings (SSSR count). The van der Waals surface area contributed by atoms with Crippen molar-refractivity contribution in [2.75, 3.05) is 19.6 Å². The van der Waals surface area contributed by atoms with Crippen LogP contribution in [-0.4, -0.2) is 41.6 Å². The van der Waals surface area contributed by atoms with E-state index in [1.54, 1.807) is 0 Å². The van der Waals surface area contributed by atoms with E-state index in [2.05, 4.69) is 10.3 Å². The molecule has 1 amide bonds. The van der Waals surface area contributed by atoms with Gasteiger partial charge in [-0.05, 0) is 33.6 Å². The van der Waals surface area contributed by atoms with Crippen molar-refractivity contribution in [2.45, 2.75) is 45.3 Å². The number of carbonyl (C=O) groups is 1. The van der Waals surface area contributed by atoms with E-state index in [-0.39, 0.29) is 25.4 Å². The molecule has 1 aromatic heterocycles. The van der Waals surface area contributed by atoms with E-state index in [0.717, 1.165) is 10.7 Å². The van der Waals surface area contributed by atoms with Crippen LogP contribution < -0.4 is 5.32 Å². The van der Waals surface area contributed by atoms with Crippen LogP contribution in [0.15, 0.2) is 5.38 Å². The van der Waals surface area contributed by atoms with Crippen molar-refractivity contribution >= 4 is 17.2 Å². The minimum Gasteiger partial charge on any atom is -0.341 e. The summed E-state index contributed by atoms with van der Waals surface area (Å²) in [5.74, 6) is -1.70. The molecule has 1 atom stereocenters. The largest absolute Gasteiger partial charge is 0.393 e. The van der Waals surface area contributed by atoms with E-state index in [0.29, 0.717) is 13.0 Å². The quantitative estimate of drug-likeness (QED) is 0.909. The zero-order valence-corrected chi connectivity index (χ0v) is 14.4. The molecule has 0 unspecified atom stereocenters. The summed E-state index contributed by atoms with van der Waals surface area (Å²) < 4.78 is 38.4. The van der Waals surface area contributed by atoms with Crippen LogP contribution >= 0.6 is 11.3 Å². The average Bonchev–Trinajstić information content (AvgIpc) is 2.91. The minimum absolute atomic E-state index is 0.0101. The van der Waals surface area contributed by atoms with Gasteiger partial charge in [-0.15, -0.1) is 11.3 Å². The maximum absolute atomic E-state index is 12.8. The number of carbonyl (C=O) groups excluding carboxylic acids is 1. The van der Waals surface area contributed by atoms with Gasteiger partial charge in [-0.25, -0.2) is 4.98 Å². The van der Waals surface area contributed by atoms with Gasteiger partial charge in [0.2, 0.25) is 5.91 Å². The van der Waals surface area contributed by atoms with Crippen LogP contribution in [0.25, 0.3) is 0 Å². The van der Waals surface area contributed by atoms with Gasteiger partial charge < -0.3 is 4.90 Å². The van der Waals surface area contributed by atoms with Crippen molar-refractivity contribution in [1.29, 1.82) is 0 Å². The van der Waals surface area contributed by atoms with Crippen molar-refractivity contribution in [2.24, 2.45) is 5.92 Å². The Bertz CT molecular complexity index is 556. The highest BCUT2D eigenvalue weighted by Gasteiger charge is 2.42. The molecule has 0 radical (unpaired) electrons. The molecule has 0 aromatic carbocycles. The number of nitrogens with one attached hydrogen (secondary N) is 1. The molecule has 1 saturated heterocycles. The summed E-state index contributed by atoms with van der Waals surface area (Å²) in [6.07, 6.45) is -3.74. The summed E-state index contributed by atoms with van der Waals surface area (Å²) >= 11 is 1.50. The zero-order chi connectivity index (χ0) is 17.3. The number of rotatable bonds is 4. The Morgan fingerprint density at radius 2 is 2.17 bits per heavy atom. The molecule has 0 saturated carbocycles. The second-order valence-corrected chi connectivity index (χ2v) is 7.35. The van der Waals surface area contributed by atoms with Crippen molar-refractivity contribution in [3.63, 3.8) is 0 Å². The lowest BCUT2D eigenvalue weighted by Crippen LogP contribution is -2.49. The van der Waals surface area contributed by atoms with Crippen LogP contribution in [-0.2, 0) is 10.3 Å². The Labute approximate surface area is 138 Å². The van der Waals surface area contributed by atoms with E-state index in [1.807, 2.05) is 26.2 Å². The number of hydrogen-bond acceptors (Lipinski definition) is 4. The van der Waals surface area contributed by atoms with E-state index < -0.39 is 17.6 Å². The highest BCUT2D eigenvalue weighted by atomic mass is 32.1. The van der Waals surface area contributed by atoms with Gasteiger partial charge in [0.05, 0.1) is 18.0 Å². The third-order valence-corrected chi connectivity index (χ3v) is 5.36. The average molecular weight is 349 g/mol. The summed E-state index contributed by atoms with van der Waals surface area (Å²) in [5, 5.41) is 5.90. The van der Waals surface area contributed by atoms with Crippen LogP contribution in [0.4, 0.5) is 13.2 Å². The molecular formula is C15H22F3N3OS. The fraction of sp³-hybridized carbons (Fsp3) is 0.733. The fourth-order valence-corrected chi connectivity index (χ4v) is 3.49. The Hall–Kier alpha value is -1.15. The second kappa shape index (κ2) is 6.76. The lowest BCUT2D eigenvalue weighted by atomic mass is 9.97. The maximum Gasteiger partial charge on any atom is 0.393 e. The normalized spacial score (nSPS) is 19.9. The third kappa shape index (κ3) is 4.67. The van der Waals surface area contributed by atoms with Crippen LogP contribution in [0.1, 0.15) is 37.4 Å². The smallest absolute Gasteiger partial charge is 0.341 e. The number of hydrogen-bond donors (Lipinski definition) is 1. The van der Waals surface area contributed by atoms with Crippen LogP contribution in [0.3, 0.4) is 0 Å². The minimum atomic E-state index is -4.23. The van der Waals surface area contributed by atoms with E-state index in [4.69, 9.17) is 0 Å². The monoisotopic (exact) mass is 349 g/mol. The number of halogens is 3. The molecule has 0 aliphatic carbocycles. The van der Waals surface area contributed by atoms with Crippen molar-refractivity contribution in [3.8, 4) is 0 Å². The van der Waals surface area contributed by atoms with Gasteiger partial charge in [-0.2, -0.15) is 13.2 Å². The zero-order valence-electron chi connectivity index (χ0n) is 13.5. The van der Waals surface area contributed by atoms with Gasteiger partial charge in [-0.1, -0.05) is 0 Å². The summed E-state index contributed by atoms with van der Waals surface area (Å²) in [5.41, 5.74) is 0.420. The van der Waals surface area contributed by atoms with Crippen molar-refractivity contribution in [1.82, 2.24) is 15.2 Å². The van der Waals surface area contributed by atoms with Gasteiger partial charge in [0, 0.05) is 24.2 Å². The van der Waals surface area contributed by atoms with Crippen LogP contribution in [0, 0.1) is 12.8 Å². The van der Waals surface area contributed by atoms with Crippen LogP contribution in [0.5, 0.6) is 0 Å². The molecule has 130 valence electrons. The van der Waals surface area contributed by atoms with E-state index in [9.17, 15) is 18.0 Å². The first-order valence-electron chi connectivity index (χ1n) is 7.62. The molecule has 8 heteroatoms. The first kappa shape index (κ1) is 18.2. The Balaban J connectivity index is 1.91. The number of aryl methyl sites for hydroxylation is 1. The molecule has 1 aliphatic heterocycles. The molecule has 0 bridgehead atoms. The summed E-state index contributed by atoms with van der Waals surface area (Å²) in [6, 6.07) is 0. The molecule has 0 spiro atoms. The first-order valence-corrected chi connectivity index (χ1v) is 8.49. The molecule has 1 N–H and O–H groups in total. The third-order valence-electron chi connectivity index (χ3n) is 4.07. The number of piperidine rings is 1. The van der Waals surface area contributed by atoms with Gasteiger partial charge in [0.15, 0.2) is 0 Å². The maximum atomic E-state index is 12.8. The van der Waals surface area contributed by atoms with Crippen molar-refractivity contribution < 1.29 is 18.0 Å². The summed E-state index contributed by atoms with van der Waals surface area (Å²) in [7, 11) is 0. The van der Waals surface area contributed by atoms with E-state index >= 15 is 0 Å². The molecule has 1 aromatic rings. The first-order chi connectivity index (χ1) is 10.6. The Morgan fingerprint density at radius 1 is 1.48 bits per heavy atom. The van der Waals surface area contributed by atoms with Crippen molar-refractivity contribution in [3.05, 3.63) is 16.1 Å². The Morgan fingerprint density at radius 3 is 2.74 bits per heavy atom. The lowest BCUT2D eigenvalue weighted by molar-refractivity contribution is -0.187. The predicted molar refractivity (Wildman–Crippen MR) is 83.2 cm³/mol. The SMILES string of the molecule is Cc1csc(C(C)(C)NCC(=O)N2CCC[C@H](C(F)(F)F)C2)n1.